The zero-order valence-corrected chi connectivity index (χ0v) is 70.1. The Morgan fingerprint density at radius 2 is 0.442 bits per heavy atom. The molecule has 104 heavy (non-hydrogen) atoms. The van der Waals surface area contributed by atoms with E-state index in [0.717, 1.165) is 102 Å². The molecular formula is C85H166O17P2. The largest absolute Gasteiger partial charge is 0.472 e. The lowest BCUT2D eigenvalue weighted by atomic mass is 10.0. The molecule has 0 aliphatic heterocycles. The third-order valence-electron chi connectivity index (χ3n) is 20.0. The number of ether oxygens (including phenoxy) is 4. The van der Waals surface area contributed by atoms with Gasteiger partial charge in [-0.3, -0.25) is 37.3 Å². The Bertz CT molecular complexity index is 1990. The number of phosphoric ester groups is 2. The first-order valence-corrected chi connectivity index (χ1v) is 47.0. The van der Waals surface area contributed by atoms with Crippen molar-refractivity contribution < 1.29 is 80.2 Å². The van der Waals surface area contributed by atoms with Crippen molar-refractivity contribution in [3.8, 4) is 0 Å². The first-order chi connectivity index (χ1) is 50.4. The molecule has 0 aromatic carbocycles. The molecular weight excluding hydrogens is 1350 g/mol. The average molecular weight is 1520 g/mol. The van der Waals surface area contributed by atoms with Crippen LogP contribution in [-0.2, 0) is 65.4 Å². The lowest BCUT2D eigenvalue weighted by Crippen LogP contribution is -2.30. The van der Waals surface area contributed by atoms with Gasteiger partial charge >= 0.3 is 39.5 Å². The summed E-state index contributed by atoms with van der Waals surface area (Å²) in [7, 11) is -9.93. The van der Waals surface area contributed by atoms with E-state index in [1.807, 2.05) is 0 Å². The summed E-state index contributed by atoms with van der Waals surface area (Å²) in [5.74, 6) is -0.527. The third kappa shape index (κ3) is 78.2. The molecule has 0 amide bonds. The second kappa shape index (κ2) is 76.4. The molecule has 0 rings (SSSR count). The Morgan fingerprint density at radius 3 is 0.654 bits per heavy atom. The summed E-state index contributed by atoms with van der Waals surface area (Å²) in [5, 5.41) is 10.7. The fourth-order valence-corrected chi connectivity index (χ4v) is 14.8. The van der Waals surface area contributed by atoms with Crippen LogP contribution in [0.2, 0.25) is 0 Å². The average Bonchev–Trinajstić information content (AvgIpc) is 0.915. The van der Waals surface area contributed by atoms with E-state index < -0.39 is 97.5 Å². The Labute approximate surface area is 638 Å². The van der Waals surface area contributed by atoms with Crippen LogP contribution in [0.5, 0.6) is 0 Å². The van der Waals surface area contributed by atoms with Crippen LogP contribution in [0.25, 0.3) is 0 Å². The van der Waals surface area contributed by atoms with Crippen LogP contribution in [0, 0.1) is 11.8 Å². The maximum absolute atomic E-state index is 13.1. The van der Waals surface area contributed by atoms with Crippen LogP contribution in [-0.4, -0.2) is 96.7 Å². The topological polar surface area (TPSA) is 237 Å². The molecule has 0 aliphatic rings. The number of rotatable bonds is 84. The highest BCUT2D eigenvalue weighted by atomic mass is 31.2. The van der Waals surface area contributed by atoms with Gasteiger partial charge in [0.2, 0.25) is 0 Å². The minimum atomic E-state index is -4.97. The second-order valence-corrected chi connectivity index (χ2v) is 34.4. The van der Waals surface area contributed by atoms with E-state index in [2.05, 4.69) is 41.5 Å². The Morgan fingerprint density at radius 1 is 0.260 bits per heavy atom. The van der Waals surface area contributed by atoms with E-state index in [0.29, 0.717) is 25.7 Å². The Kier molecular flexibility index (Phi) is 75.0. The molecule has 0 aliphatic carbocycles. The molecule has 0 fully saturated rings. The highest BCUT2D eigenvalue weighted by Crippen LogP contribution is 2.45. The van der Waals surface area contributed by atoms with Gasteiger partial charge in [-0.15, -0.1) is 0 Å². The lowest BCUT2D eigenvalue weighted by molar-refractivity contribution is -0.161. The van der Waals surface area contributed by atoms with Crippen molar-refractivity contribution >= 4 is 39.5 Å². The van der Waals surface area contributed by atoms with E-state index in [-0.39, 0.29) is 25.7 Å². The van der Waals surface area contributed by atoms with Crippen molar-refractivity contribution in [1.82, 2.24) is 0 Å². The first kappa shape index (κ1) is 102. The minimum Gasteiger partial charge on any atom is -0.462 e. The smallest absolute Gasteiger partial charge is 0.462 e. The molecule has 0 spiro atoms. The van der Waals surface area contributed by atoms with Gasteiger partial charge in [0.15, 0.2) is 12.2 Å². The molecule has 19 heteroatoms. The standard InChI is InChI=1S/C85H166O17P2/c1-7-9-11-13-15-17-19-20-21-22-23-24-25-26-27-32-39-45-51-57-63-69-84(89)101-81(74-96-83(88)68-62-56-50-44-38-31-29-28-30-36-41-47-53-59-65-77(3)4)76-100-104(93,94)98-72-79(86)71-97-103(91,92)99-75-80(73-95-82(87)67-61-55-49-43-35-18-16-14-12-10-8-2)102-85(90)70-64-58-52-46-40-34-33-37-42-48-54-60-66-78(5)6/h77-81,86H,7-76H2,1-6H3,(H,91,92)(H,93,94)/t79-,80+,81+/m0/s1. The first-order valence-electron chi connectivity index (χ1n) is 44.0. The van der Waals surface area contributed by atoms with Crippen LogP contribution < -0.4 is 0 Å². The summed E-state index contributed by atoms with van der Waals surface area (Å²) in [5.41, 5.74) is 0. The predicted molar refractivity (Wildman–Crippen MR) is 428 cm³/mol. The number of aliphatic hydroxyl groups is 1. The van der Waals surface area contributed by atoms with Gasteiger partial charge in [0.1, 0.15) is 19.3 Å². The quantitative estimate of drug-likeness (QED) is 0.0222. The molecule has 0 radical (unpaired) electrons. The highest BCUT2D eigenvalue weighted by molar-refractivity contribution is 7.47. The number of carbonyl (C=O) groups is 4. The zero-order valence-electron chi connectivity index (χ0n) is 68.3. The van der Waals surface area contributed by atoms with E-state index in [1.54, 1.807) is 0 Å². The van der Waals surface area contributed by atoms with Crippen molar-refractivity contribution in [2.45, 2.75) is 471 Å². The van der Waals surface area contributed by atoms with E-state index in [4.69, 9.17) is 37.0 Å². The summed E-state index contributed by atoms with van der Waals surface area (Å²) >= 11 is 0. The predicted octanol–water partition coefficient (Wildman–Crippen LogP) is 25.8. The van der Waals surface area contributed by atoms with Crippen LogP contribution in [0.15, 0.2) is 0 Å². The maximum atomic E-state index is 13.1. The molecule has 0 bridgehead atoms. The zero-order chi connectivity index (χ0) is 76.4. The number of unbranched alkanes of at least 4 members (excludes halogenated alkanes) is 54. The summed E-state index contributed by atoms with van der Waals surface area (Å²) < 4.78 is 68.9. The van der Waals surface area contributed by atoms with Gasteiger partial charge in [0, 0.05) is 25.7 Å². The van der Waals surface area contributed by atoms with E-state index in [9.17, 15) is 43.2 Å². The van der Waals surface area contributed by atoms with Crippen molar-refractivity contribution in [1.29, 1.82) is 0 Å². The van der Waals surface area contributed by atoms with Crippen LogP contribution in [0.3, 0.4) is 0 Å². The molecule has 5 atom stereocenters. The van der Waals surface area contributed by atoms with Crippen LogP contribution in [0.4, 0.5) is 0 Å². The normalized spacial score (nSPS) is 13.8. The van der Waals surface area contributed by atoms with Gasteiger partial charge in [0.25, 0.3) is 0 Å². The van der Waals surface area contributed by atoms with Gasteiger partial charge in [0.05, 0.1) is 26.4 Å². The number of carbonyl (C=O) groups excluding carboxylic acids is 4. The number of hydrogen-bond donors (Lipinski definition) is 3. The van der Waals surface area contributed by atoms with Gasteiger partial charge in [-0.1, -0.05) is 401 Å². The molecule has 17 nitrogen and oxygen atoms in total. The van der Waals surface area contributed by atoms with Crippen LogP contribution >= 0.6 is 15.6 Å². The summed E-state index contributed by atoms with van der Waals surface area (Å²) in [6.07, 6.45) is 68.0. The molecule has 0 saturated heterocycles. The highest BCUT2D eigenvalue weighted by Gasteiger charge is 2.30. The van der Waals surface area contributed by atoms with E-state index in [1.165, 1.54) is 270 Å². The van der Waals surface area contributed by atoms with Crippen molar-refractivity contribution in [2.24, 2.45) is 11.8 Å². The number of aliphatic hydroxyl groups excluding tert-OH is 1. The number of hydrogen-bond acceptors (Lipinski definition) is 15. The van der Waals surface area contributed by atoms with Crippen molar-refractivity contribution in [3.63, 3.8) is 0 Å². The third-order valence-corrected chi connectivity index (χ3v) is 21.9. The molecule has 3 N–H and O–H groups in total. The monoisotopic (exact) mass is 1520 g/mol. The van der Waals surface area contributed by atoms with Crippen LogP contribution in [0.1, 0.15) is 452 Å². The summed E-state index contributed by atoms with van der Waals surface area (Å²) in [4.78, 5) is 73.2. The SMILES string of the molecule is CCCCCCCCCCCCCCCCCCCCCCCC(=O)O[C@H](COC(=O)CCCCCCCCCCCCCCCCC(C)C)COP(=O)(O)OC[C@@H](O)COP(=O)(O)OC[C@@H](COC(=O)CCCCCCCCCCCCC)OC(=O)CCCCCCCCCCCCCCC(C)C. The molecule has 618 valence electrons. The molecule has 0 aromatic rings. The summed E-state index contributed by atoms with van der Waals surface area (Å²) in [6.45, 7) is 9.69. The van der Waals surface area contributed by atoms with Crippen molar-refractivity contribution in [3.05, 3.63) is 0 Å². The van der Waals surface area contributed by atoms with Gasteiger partial charge in [-0.05, 0) is 37.5 Å². The van der Waals surface area contributed by atoms with Crippen molar-refractivity contribution in [2.75, 3.05) is 39.6 Å². The van der Waals surface area contributed by atoms with E-state index >= 15 is 0 Å². The molecule has 0 saturated carbocycles. The van der Waals surface area contributed by atoms with Gasteiger partial charge in [-0.25, -0.2) is 9.13 Å². The number of esters is 4. The molecule has 2 unspecified atom stereocenters. The molecule has 0 aromatic heterocycles. The second-order valence-electron chi connectivity index (χ2n) is 31.5. The van der Waals surface area contributed by atoms with Gasteiger partial charge in [-0.2, -0.15) is 0 Å². The summed E-state index contributed by atoms with van der Waals surface area (Å²) in [6, 6.07) is 0. The fraction of sp³-hybridized carbons (Fsp3) is 0.953. The maximum Gasteiger partial charge on any atom is 0.472 e. The minimum absolute atomic E-state index is 0.107. The Hall–Kier alpha value is -1.94. The Balaban J connectivity index is 5.24. The molecule has 0 heterocycles. The lowest BCUT2D eigenvalue weighted by Gasteiger charge is -2.21. The van der Waals surface area contributed by atoms with Gasteiger partial charge < -0.3 is 33.8 Å². The number of phosphoric acid groups is 2. The fourth-order valence-electron chi connectivity index (χ4n) is 13.2.